The largest absolute Gasteiger partial charge is 0.276 e. The Morgan fingerprint density at radius 1 is 1.08 bits per heavy atom. The van der Waals surface area contributed by atoms with Crippen LogP contribution in [0.2, 0.25) is 0 Å². The first-order valence-corrected chi connectivity index (χ1v) is 4.29. The lowest BCUT2D eigenvalue weighted by molar-refractivity contribution is 0.108. The third kappa shape index (κ3) is 2.08. The average molecular weight is 217 g/mol. The first-order valence-electron chi connectivity index (χ1n) is 3.53. The Morgan fingerprint density at radius 3 is 1.77 bits per heavy atom. The van der Waals surface area contributed by atoms with Crippen LogP contribution in [0.4, 0.5) is 0 Å². The second-order valence-electron chi connectivity index (χ2n) is 2.53. The van der Waals surface area contributed by atoms with Gasteiger partial charge in [-0.3, -0.25) is 9.59 Å². The fraction of sp³-hybridized carbons (Fsp3) is 0.111. The van der Waals surface area contributed by atoms with Gasteiger partial charge in [0.25, 0.3) is 10.5 Å². The maximum atomic E-state index is 10.9. The smallest absolute Gasteiger partial charge is 0.252 e. The predicted octanol–water partition coefficient (Wildman–Crippen LogP) is 2.75. The first-order chi connectivity index (χ1) is 6.04. The van der Waals surface area contributed by atoms with Gasteiger partial charge in [0.2, 0.25) is 0 Å². The highest BCUT2D eigenvalue weighted by molar-refractivity contribution is 6.69. The van der Waals surface area contributed by atoms with Crippen molar-refractivity contribution in [2.45, 2.75) is 6.92 Å². The molecular formula is C9H6Cl2O2. The third-order valence-electron chi connectivity index (χ3n) is 1.76. The summed E-state index contributed by atoms with van der Waals surface area (Å²) in [6.07, 6.45) is 0. The maximum absolute atomic E-state index is 10.9. The van der Waals surface area contributed by atoms with E-state index in [0.29, 0.717) is 16.7 Å². The molecule has 0 amide bonds. The van der Waals surface area contributed by atoms with Gasteiger partial charge < -0.3 is 0 Å². The number of benzene rings is 1. The third-order valence-corrected chi connectivity index (χ3v) is 2.16. The van der Waals surface area contributed by atoms with E-state index in [2.05, 4.69) is 0 Å². The zero-order valence-electron chi connectivity index (χ0n) is 6.80. The molecule has 0 aliphatic carbocycles. The molecule has 13 heavy (non-hydrogen) atoms. The minimum absolute atomic E-state index is 0.313. The molecule has 0 radical (unpaired) electrons. The molecule has 0 saturated carbocycles. The van der Waals surface area contributed by atoms with Crippen molar-refractivity contribution >= 4 is 33.7 Å². The number of hydrogen-bond acceptors (Lipinski definition) is 2. The second kappa shape index (κ2) is 3.90. The predicted molar refractivity (Wildman–Crippen MR) is 51.5 cm³/mol. The maximum Gasteiger partial charge on any atom is 0.252 e. The first kappa shape index (κ1) is 10.2. The molecule has 1 aromatic rings. The Hall–Kier alpha value is -0.860. The van der Waals surface area contributed by atoms with Crippen LogP contribution in [0.3, 0.4) is 0 Å². The summed E-state index contributed by atoms with van der Waals surface area (Å²) in [6, 6.07) is 4.67. The second-order valence-corrected chi connectivity index (χ2v) is 3.21. The molecule has 0 spiro atoms. The summed E-state index contributed by atoms with van der Waals surface area (Å²) in [5.41, 5.74) is 1.14. The molecule has 68 valence electrons. The molecule has 0 N–H and O–H groups in total. The van der Waals surface area contributed by atoms with Crippen molar-refractivity contribution in [2.75, 3.05) is 0 Å². The Balaban J connectivity index is 3.35. The topological polar surface area (TPSA) is 34.1 Å². The van der Waals surface area contributed by atoms with Gasteiger partial charge in [0, 0.05) is 11.1 Å². The highest BCUT2D eigenvalue weighted by Crippen LogP contribution is 2.17. The standard InChI is InChI=1S/C9H6Cl2O2/c1-5-6(8(10)12)3-2-4-7(5)9(11)13/h2-4H,1H3. The molecule has 1 rings (SSSR count). The van der Waals surface area contributed by atoms with Crippen molar-refractivity contribution in [1.29, 1.82) is 0 Å². The molecule has 0 fully saturated rings. The number of carbonyl (C=O) groups is 2. The van der Waals surface area contributed by atoms with E-state index in [9.17, 15) is 9.59 Å². The average Bonchev–Trinajstić information content (AvgIpc) is 2.03. The van der Waals surface area contributed by atoms with Gasteiger partial charge in [-0.1, -0.05) is 6.07 Å². The van der Waals surface area contributed by atoms with Crippen molar-refractivity contribution in [2.24, 2.45) is 0 Å². The van der Waals surface area contributed by atoms with E-state index in [1.165, 1.54) is 0 Å². The van der Waals surface area contributed by atoms with Gasteiger partial charge in [-0.05, 0) is 47.8 Å². The van der Waals surface area contributed by atoms with Gasteiger partial charge in [0.15, 0.2) is 0 Å². The Kier molecular flexibility index (Phi) is 3.07. The van der Waals surface area contributed by atoms with Gasteiger partial charge in [-0.25, -0.2) is 0 Å². The molecule has 4 heteroatoms. The van der Waals surface area contributed by atoms with Gasteiger partial charge >= 0.3 is 0 Å². The lowest BCUT2D eigenvalue weighted by Crippen LogP contribution is -2.00. The van der Waals surface area contributed by atoms with Crippen LogP contribution in [0, 0.1) is 6.92 Å². The van der Waals surface area contributed by atoms with Gasteiger partial charge in [-0.15, -0.1) is 0 Å². The molecule has 0 aliphatic heterocycles. The molecule has 0 aromatic heterocycles. The van der Waals surface area contributed by atoms with Gasteiger partial charge in [-0.2, -0.15) is 0 Å². The Morgan fingerprint density at radius 2 is 1.46 bits per heavy atom. The van der Waals surface area contributed by atoms with Crippen molar-refractivity contribution < 1.29 is 9.59 Å². The summed E-state index contributed by atoms with van der Waals surface area (Å²) in [5, 5.41) is -1.17. The van der Waals surface area contributed by atoms with Crippen molar-refractivity contribution in [3.63, 3.8) is 0 Å². The summed E-state index contributed by atoms with van der Waals surface area (Å²) in [4.78, 5) is 21.7. The molecule has 2 nitrogen and oxygen atoms in total. The van der Waals surface area contributed by atoms with E-state index < -0.39 is 10.5 Å². The van der Waals surface area contributed by atoms with Crippen LogP contribution in [-0.4, -0.2) is 10.5 Å². The van der Waals surface area contributed by atoms with Crippen LogP contribution in [0.25, 0.3) is 0 Å². The van der Waals surface area contributed by atoms with E-state index in [1.54, 1.807) is 25.1 Å². The van der Waals surface area contributed by atoms with Crippen molar-refractivity contribution in [3.05, 3.63) is 34.9 Å². The summed E-state index contributed by atoms with van der Waals surface area (Å²) in [5.74, 6) is 0. The van der Waals surface area contributed by atoms with E-state index in [1.807, 2.05) is 0 Å². The van der Waals surface area contributed by atoms with Crippen molar-refractivity contribution in [3.8, 4) is 0 Å². The normalized spacial score (nSPS) is 9.77. The quantitative estimate of drug-likeness (QED) is 0.713. The molecular weight excluding hydrogens is 211 g/mol. The molecule has 0 unspecified atom stereocenters. The summed E-state index contributed by atoms with van der Waals surface area (Å²) >= 11 is 10.6. The lowest BCUT2D eigenvalue weighted by atomic mass is 10.0. The molecule has 0 atom stereocenters. The Bertz CT molecular complexity index is 340. The van der Waals surface area contributed by atoms with E-state index in [0.717, 1.165) is 0 Å². The minimum atomic E-state index is -0.586. The zero-order chi connectivity index (χ0) is 10.0. The number of halogens is 2. The molecule has 0 saturated heterocycles. The fourth-order valence-electron chi connectivity index (χ4n) is 1.06. The Labute approximate surface area is 85.5 Å². The molecule has 0 bridgehead atoms. The van der Waals surface area contributed by atoms with Crippen LogP contribution in [0.1, 0.15) is 26.3 Å². The van der Waals surface area contributed by atoms with Crippen LogP contribution in [0.15, 0.2) is 18.2 Å². The summed E-state index contributed by atoms with van der Waals surface area (Å²) in [6.45, 7) is 1.63. The summed E-state index contributed by atoms with van der Waals surface area (Å²) < 4.78 is 0. The highest BCUT2D eigenvalue weighted by atomic mass is 35.5. The number of rotatable bonds is 2. The monoisotopic (exact) mass is 216 g/mol. The summed E-state index contributed by atoms with van der Waals surface area (Å²) in [7, 11) is 0. The van der Waals surface area contributed by atoms with E-state index >= 15 is 0 Å². The zero-order valence-corrected chi connectivity index (χ0v) is 8.32. The fourth-order valence-corrected chi connectivity index (χ4v) is 1.47. The van der Waals surface area contributed by atoms with Crippen LogP contribution >= 0.6 is 23.2 Å². The minimum Gasteiger partial charge on any atom is -0.276 e. The van der Waals surface area contributed by atoms with Crippen molar-refractivity contribution in [1.82, 2.24) is 0 Å². The highest BCUT2D eigenvalue weighted by Gasteiger charge is 2.12. The van der Waals surface area contributed by atoms with Gasteiger partial charge in [0.1, 0.15) is 0 Å². The molecule has 0 aliphatic rings. The number of carbonyl (C=O) groups excluding carboxylic acids is 2. The molecule has 0 heterocycles. The number of hydrogen-bond donors (Lipinski definition) is 0. The van der Waals surface area contributed by atoms with Crippen LogP contribution in [-0.2, 0) is 0 Å². The molecule has 1 aromatic carbocycles. The van der Waals surface area contributed by atoms with Crippen LogP contribution in [0.5, 0.6) is 0 Å². The van der Waals surface area contributed by atoms with E-state index in [4.69, 9.17) is 23.2 Å². The van der Waals surface area contributed by atoms with Crippen LogP contribution < -0.4 is 0 Å². The van der Waals surface area contributed by atoms with E-state index in [-0.39, 0.29) is 0 Å². The SMILES string of the molecule is Cc1c(C(=O)Cl)cccc1C(=O)Cl. The van der Waals surface area contributed by atoms with Gasteiger partial charge in [0.05, 0.1) is 0 Å². The lowest BCUT2D eigenvalue weighted by Gasteiger charge is -2.03.